The second-order valence-corrected chi connectivity index (χ2v) is 4.44. The van der Waals surface area contributed by atoms with Gasteiger partial charge in [-0.25, -0.2) is 0 Å². The van der Waals surface area contributed by atoms with Crippen molar-refractivity contribution in [2.24, 2.45) is 5.73 Å². The molecule has 2 amide bonds. The summed E-state index contributed by atoms with van der Waals surface area (Å²) >= 11 is 0. The van der Waals surface area contributed by atoms with Gasteiger partial charge < -0.3 is 21.4 Å². The highest BCUT2D eigenvalue weighted by atomic mass is 35.5. The molecule has 1 heterocycles. The molecule has 6 nitrogen and oxygen atoms in total. The Balaban J connectivity index is 0.00000220. The van der Waals surface area contributed by atoms with Crippen LogP contribution in [0.25, 0.3) is 10.9 Å². The molecule has 0 saturated heterocycles. The van der Waals surface area contributed by atoms with Crippen molar-refractivity contribution >= 4 is 35.1 Å². The van der Waals surface area contributed by atoms with Crippen molar-refractivity contribution in [3.8, 4) is 0 Å². The average Bonchev–Trinajstić information content (AvgIpc) is 2.88. The third kappa shape index (κ3) is 4.77. The highest BCUT2D eigenvalue weighted by Crippen LogP contribution is 2.17. The van der Waals surface area contributed by atoms with E-state index in [-0.39, 0.29) is 37.3 Å². The number of carbonyl (C=O) groups is 2. The molecule has 0 radical (unpaired) electrons. The molecule has 5 N–H and O–H groups in total. The van der Waals surface area contributed by atoms with Gasteiger partial charge in [-0.05, 0) is 18.1 Å². The maximum Gasteiger partial charge on any atom is 0.239 e. The number of nitrogens with two attached hydrogens (primary N) is 1. The minimum absolute atomic E-state index is 0. The van der Waals surface area contributed by atoms with Crippen LogP contribution in [-0.2, 0) is 16.0 Å². The van der Waals surface area contributed by atoms with Crippen LogP contribution in [0, 0.1) is 0 Å². The van der Waals surface area contributed by atoms with E-state index in [0.717, 1.165) is 22.9 Å². The molecule has 7 heteroatoms. The summed E-state index contributed by atoms with van der Waals surface area (Å²) in [5, 5.41) is 6.34. The summed E-state index contributed by atoms with van der Waals surface area (Å²) in [7, 11) is 0. The number of carbonyl (C=O) groups excluding carboxylic acids is 2. The molecular weight excluding hydrogens is 292 g/mol. The standard InChI is InChI=1S/C14H18N4O2.ClH/c15-7-13(19)18-9-14(20)16-6-5-10-8-17-12-4-2-1-3-11(10)12;/h1-4,8,17H,5-7,9,15H2,(H,16,20)(H,18,19);1H. The van der Waals surface area contributed by atoms with Crippen LogP contribution in [-0.4, -0.2) is 36.4 Å². The minimum atomic E-state index is -0.336. The van der Waals surface area contributed by atoms with Crippen LogP contribution in [0.15, 0.2) is 30.5 Å². The predicted octanol–water partition coefficient (Wildman–Crippen LogP) is 0.323. The van der Waals surface area contributed by atoms with E-state index in [1.807, 2.05) is 30.5 Å². The molecule has 0 aliphatic heterocycles. The number of benzene rings is 1. The number of rotatable bonds is 6. The van der Waals surface area contributed by atoms with Crippen molar-refractivity contribution in [3.05, 3.63) is 36.0 Å². The lowest BCUT2D eigenvalue weighted by molar-refractivity contribution is -0.125. The number of aromatic nitrogens is 1. The first-order chi connectivity index (χ1) is 9.70. The van der Waals surface area contributed by atoms with E-state index in [1.54, 1.807) is 0 Å². The number of amides is 2. The summed E-state index contributed by atoms with van der Waals surface area (Å²) in [5.74, 6) is -0.552. The summed E-state index contributed by atoms with van der Waals surface area (Å²) < 4.78 is 0. The Hall–Kier alpha value is -2.05. The fourth-order valence-electron chi connectivity index (χ4n) is 1.99. The third-order valence-corrected chi connectivity index (χ3v) is 3.02. The van der Waals surface area contributed by atoms with Crippen LogP contribution in [0.2, 0.25) is 0 Å². The molecule has 1 aromatic carbocycles. The molecule has 0 unspecified atom stereocenters. The number of aromatic amines is 1. The normalized spacial score (nSPS) is 9.95. The Morgan fingerprint density at radius 3 is 2.67 bits per heavy atom. The SMILES string of the molecule is Cl.NCC(=O)NCC(=O)NCCc1c[nH]c2ccccc12. The smallest absolute Gasteiger partial charge is 0.239 e. The molecule has 0 atom stereocenters. The highest BCUT2D eigenvalue weighted by Gasteiger charge is 2.05. The first kappa shape index (κ1) is 17.0. The van der Waals surface area contributed by atoms with Gasteiger partial charge in [-0.1, -0.05) is 18.2 Å². The lowest BCUT2D eigenvalue weighted by atomic mass is 10.1. The number of hydrogen-bond acceptors (Lipinski definition) is 3. The van der Waals surface area contributed by atoms with Gasteiger partial charge >= 0.3 is 0 Å². The number of para-hydroxylation sites is 1. The number of hydrogen-bond donors (Lipinski definition) is 4. The average molecular weight is 311 g/mol. The van der Waals surface area contributed by atoms with Crippen molar-refractivity contribution in [1.29, 1.82) is 0 Å². The molecule has 114 valence electrons. The summed E-state index contributed by atoms with van der Waals surface area (Å²) in [4.78, 5) is 25.6. The van der Waals surface area contributed by atoms with Crippen LogP contribution in [0.1, 0.15) is 5.56 Å². The Bertz CT molecular complexity index is 612. The van der Waals surface area contributed by atoms with Crippen LogP contribution < -0.4 is 16.4 Å². The molecule has 0 bridgehead atoms. The first-order valence-electron chi connectivity index (χ1n) is 6.49. The Labute approximate surface area is 128 Å². The lowest BCUT2D eigenvalue weighted by Gasteiger charge is -2.05. The van der Waals surface area contributed by atoms with Gasteiger partial charge in [-0.15, -0.1) is 12.4 Å². The Kier molecular flexibility index (Phi) is 6.71. The van der Waals surface area contributed by atoms with E-state index in [2.05, 4.69) is 15.6 Å². The van der Waals surface area contributed by atoms with Crippen molar-refractivity contribution in [2.45, 2.75) is 6.42 Å². The van der Waals surface area contributed by atoms with Gasteiger partial charge in [0.05, 0.1) is 13.1 Å². The monoisotopic (exact) mass is 310 g/mol. The number of halogens is 1. The minimum Gasteiger partial charge on any atom is -0.361 e. The quantitative estimate of drug-likeness (QED) is 0.618. The van der Waals surface area contributed by atoms with Crippen molar-refractivity contribution in [2.75, 3.05) is 19.6 Å². The Morgan fingerprint density at radius 1 is 1.14 bits per heavy atom. The van der Waals surface area contributed by atoms with Crippen LogP contribution in [0.3, 0.4) is 0 Å². The zero-order valence-electron chi connectivity index (χ0n) is 11.5. The molecular formula is C14H19ClN4O2. The third-order valence-electron chi connectivity index (χ3n) is 3.02. The summed E-state index contributed by atoms with van der Waals surface area (Å²) in [5.41, 5.74) is 7.37. The van der Waals surface area contributed by atoms with Crippen molar-refractivity contribution < 1.29 is 9.59 Å². The topological polar surface area (TPSA) is 100 Å². The van der Waals surface area contributed by atoms with E-state index in [4.69, 9.17) is 5.73 Å². The molecule has 2 aromatic rings. The second kappa shape index (κ2) is 8.28. The fourth-order valence-corrected chi connectivity index (χ4v) is 1.99. The molecule has 0 fully saturated rings. The van der Waals surface area contributed by atoms with Crippen LogP contribution >= 0.6 is 12.4 Å². The van der Waals surface area contributed by atoms with Gasteiger partial charge in [0.25, 0.3) is 0 Å². The second-order valence-electron chi connectivity index (χ2n) is 4.44. The van der Waals surface area contributed by atoms with E-state index in [0.29, 0.717) is 6.54 Å². The largest absolute Gasteiger partial charge is 0.361 e. The number of fused-ring (bicyclic) bond motifs is 1. The van der Waals surface area contributed by atoms with Gasteiger partial charge in [0.1, 0.15) is 0 Å². The van der Waals surface area contributed by atoms with E-state index >= 15 is 0 Å². The van der Waals surface area contributed by atoms with E-state index in [9.17, 15) is 9.59 Å². The van der Waals surface area contributed by atoms with Crippen molar-refractivity contribution in [1.82, 2.24) is 15.6 Å². The molecule has 21 heavy (non-hydrogen) atoms. The molecule has 0 saturated carbocycles. The summed E-state index contributed by atoms with van der Waals surface area (Å²) in [6.45, 7) is 0.381. The van der Waals surface area contributed by atoms with E-state index < -0.39 is 0 Å². The van der Waals surface area contributed by atoms with Gasteiger partial charge in [0, 0.05) is 23.6 Å². The predicted molar refractivity (Wildman–Crippen MR) is 84.3 cm³/mol. The van der Waals surface area contributed by atoms with Gasteiger partial charge in [-0.3, -0.25) is 9.59 Å². The number of H-pyrrole nitrogens is 1. The highest BCUT2D eigenvalue weighted by molar-refractivity contribution is 5.86. The maximum absolute atomic E-state index is 11.5. The fraction of sp³-hybridized carbons (Fsp3) is 0.286. The van der Waals surface area contributed by atoms with Crippen LogP contribution in [0.5, 0.6) is 0 Å². The molecule has 0 spiro atoms. The van der Waals surface area contributed by atoms with Gasteiger partial charge in [-0.2, -0.15) is 0 Å². The molecule has 0 aliphatic carbocycles. The molecule has 0 aliphatic rings. The molecule has 2 rings (SSSR count). The lowest BCUT2D eigenvalue weighted by Crippen LogP contribution is -2.40. The summed E-state index contributed by atoms with van der Waals surface area (Å²) in [6.07, 6.45) is 2.69. The zero-order valence-corrected chi connectivity index (χ0v) is 12.3. The summed E-state index contributed by atoms with van der Waals surface area (Å²) in [6, 6.07) is 8.02. The zero-order chi connectivity index (χ0) is 14.4. The van der Waals surface area contributed by atoms with Crippen molar-refractivity contribution in [3.63, 3.8) is 0 Å². The Morgan fingerprint density at radius 2 is 1.90 bits per heavy atom. The number of nitrogens with one attached hydrogen (secondary N) is 3. The van der Waals surface area contributed by atoms with Gasteiger partial charge in [0.15, 0.2) is 0 Å². The maximum atomic E-state index is 11.5. The van der Waals surface area contributed by atoms with Crippen LogP contribution in [0.4, 0.5) is 0 Å². The van der Waals surface area contributed by atoms with E-state index in [1.165, 1.54) is 0 Å². The van der Waals surface area contributed by atoms with Gasteiger partial charge in [0.2, 0.25) is 11.8 Å². The first-order valence-corrected chi connectivity index (χ1v) is 6.49. The molecule has 1 aromatic heterocycles.